The lowest BCUT2D eigenvalue weighted by Gasteiger charge is -2.22. The minimum absolute atomic E-state index is 0.0538. The Bertz CT molecular complexity index is 416. The average Bonchev–Trinajstić information content (AvgIpc) is 2.40. The van der Waals surface area contributed by atoms with Gasteiger partial charge in [0.25, 0.3) is 0 Å². The van der Waals surface area contributed by atoms with E-state index in [9.17, 15) is 4.79 Å². The Kier molecular flexibility index (Phi) is 4.49. The van der Waals surface area contributed by atoms with Gasteiger partial charge in [0, 0.05) is 43.5 Å². The number of nitrogens with one attached hydrogen (secondary N) is 2. The zero-order valence-corrected chi connectivity index (χ0v) is 11.6. The largest absolute Gasteiger partial charge is 0.378 e. The van der Waals surface area contributed by atoms with Crippen LogP contribution in [-0.4, -0.2) is 44.1 Å². The van der Waals surface area contributed by atoms with Crippen LogP contribution >= 0.6 is 11.8 Å². The summed E-state index contributed by atoms with van der Waals surface area (Å²) in [6.07, 6.45) is 0. The van der Waals surface area contributed by atoms with Crippen molar-refractivity contribution in [3.63, 3.8) is 0 Å². The molecular formula is C13H19N3OS. The zero-order valence-electron chi connectivity index (χ0n) is 10.8. The van der Waals surface area contributed by atoms with E-state index in [0.29, 0.717) is 0 Å². The molecule has 98 valence electrons. The third kappa shape index (κ3) is 3.40. The van der Waals surface area contributed by atoms with Gasteiger partial charge in [-0.25, -0.2) is 0 Å². The number of nitrogens with zero attached hydrogens (tertiary/aromatic N) is 1. The van der Waals surface area contributed by atoms with Crippen LogP contribution in [0.15, 0.2) is 24.3 Å². The fraction of sp³-hybridized carbons (Fsp3) is 0.462. The van der Waals surface area contributed by atoms with E-state index < -0.39 is 0 Å². The van der Waals surface area contributed by atoms with E-state index in [-0.39, 0.29) is 11.9 Å². The summed E-state index contributed by atoms with van der Waals surface area (Å²) < 4.78 is 0. The molecule has 5 heteroatoms. The molecule has 2 rings (SSSR count). The molecule has 1 atom stereocenters. The Labute approximate surface area is 112 Å². The maximum atomic E-state index is 12.0. The number of hydrogen-bond donors (Lipinski definition) is 2. The molecule has 1 amide bonds. The smallest absolute Gasteiger partial charge is 0.242 e. The predicted octanol–water partition coefficient (Wildman–Crippen LogP) is 1.40. The van der Waals surface area contributed by atoms with E-state index in [1.165, 1.54) is 0 Å². The second-order valence-corrected chi connectivity index (χ2v) is 5.67. The van der Waals surface area contributed by atoms with Crippen molar-refractivity contribution < 1.29 is 4.79 Å². The quantitative estimate of drug-likeness (QED) is 0.867. The molecule has 1 aliphatic rings. The normalized spacial score (nSPS) is 19.3. The zero-order chi connectivity index (χ0) is 13.0. The van der Waals surface area contributed by atoms with Gasteiger partial charge in [-0.2, -0.15) is 11.8 Å². The Hall–Kier alpha value is -1.20. The number of carbonyl (C=O) groups is 1. The summed E-state index contributed by atoms with van der Waals surface area (Å²) in [6, 6.07) is 7.79. The monoisotopic (exact) mass is 265 g/mol. The minimum Gasteiger partial charge on any atom is -0.378 e. The topological polar surface area (TPSA) is 44.4 Å². The molecule has 0 saturated carbocycles. The first kappa shape index (κ1) is 13.2. The van der Waals surface area contributed by atoms with Crippen molar-refractivity contribution in [3.8, 4) is 0 Å². The van der Waals surface area contributed by atoms with Crippen LogP contribution in [-0.2, 0) is 4.79 Å². The molecule has 1 unspecified atom stereocenters. The molecular weight excluding hydrogens is 246 g/mol. The standard InChI is InChI=1S/C13H19N3OS/c1-16(2)11-5-3-4-10(8-11)15-13(17)12-9-18-7-6-14-12/h3-5,8,12,14H,6-7,9H2,1-2H3,(H,15,17). The molecule has 0 spiro atoms. The molecule has 1 aliphatic heterocycles. The highest BCUT2D eigenvalue weighted by Crippen LogP contribution is 2.18. The molecule has 1 saturated heterocycles. The summed E-state index contributed by atoms with van der Waals surface area (Å²) >= 11 is 1.82. The average molecular weight is 265 g/mol. The molecule has 1 fully saturated rings. The van der Waals surface area contributed by atoms with Crippen molar-refractivity contribution in [2.24, 2.45) is 0 Å². The van der Waals surface area contributed by atoms with Gasteiger partial charge < -0.3 is 15.5 Å². The van der Waals surface area contributed by atoms with Crippen LogP contribution in [0.5, 0.6) is 0 Å². The van der Waals surface area contributed by atoms with E-state index in [2.05, 4.69) is 10.6 Å². The van der Waals surface area contributed by atoms with Crippen LogP contribution < -0.4 is 15.5 Å². The third-order valence-corrected chi connectivity index (χ3v) is 3.93. The third-order valence-electron chi connectivity index (χ3n) is 2.87. The fourth-order valence-electron chi connectivity index (χ4n) is 1.83. The number of benzene rings is 1. The van der Waals surface area contributed by atoms with Crippen LogP contribution in [0.3, 0.4) is 0 Å². The number of rotatable bonds is 3. The van der Waals surface area contributed by atoms with Crippen LogP contribution in [0.1, 0.15) is 0 Å². The molecule has 1 heterocycles. The highest BCUT2D eigenvalue weighted by atomic mass is 32.2. The summed E-state index contributed by atoms with van der Waals surface area (Å²) in [4.78, 5) is 14.1. The molecule has 0 radical (unpaired) electrons. The number of amides is 1. The van der Waals surface area contributed by atoms with E-state index in [1.807, 2.05) is 55.0 Å². The van der Waals surface area contributed by atoms with Crippen molar-refractivity contribution in [1.29, 1.82) is 0 Å². The van der Waals surface area contributed by atoms with Crippen LogP contribution in [0, 0.1) is 0 Å². The van der Waals surface area contributed by atoms with Gasteiger partial charge >= 0.3 is 0 Å². The molecule has 18 heavy (non-hydrogen) atoms. The molecule has 0 aromatic heterocycles. The summed E-state index contributed by atoms with van der Waals surface area (Å²) in [6.45, 7) is 0.903. The van der Waals surface area contributed by atoms with Crippen LogP contribution in [0.25, 0.3) is 0 Å². The van der Waals surface area contributed by atoms with E-state index in [4.69, 9.17) is 0 Å². The highest BCUT2D eigenvalue weighted by Gasteiger charge is 2.20. The van der Waals surface area contributed by atoms with Crippen molar-refractivity contribution in [2.75, 3.05) is 42.4 Å². The van der Waals surface area contributed by atoms with Crippen LogP contribution in [0.4, 0.5) is 11.4 Å². The number of carbonyl (C=O) groups excluding carboxylic acids is 1. The summed E-state index contributed by atoms with van der Waals surface area (Å²) in [7, 11) is 3.97. The summed E-state index contributed by atoms with van der Waals surface area (Å²) in [5, 5.41) is 6.20. The van der Waals surface area contributed by atoms with E-state index in [0.717, 1.165) is 29.4 Å². The first-order valence-corrected chi connectivity index (χ1v) is 7.21. The van der Waals surface area contributed by atoms with Gasteiger partial charge in [0.1, 0.15) is 0 Å². The van der Waals surface area contributed by atoms with Gasteiger partial charge in [-0.15, -0.1) is 0 Å². The number of hydrogen-bond acceptors (Lipinski definition) is 4. The summed E-state index contributed by atoms with van der Waals surface area (Å²) in [5.41, 5.74) is 1.93. The van der Waals surface area contributed by atoms with Gasteiger partial charge in [-0.05, 0) is 18.2 Å². The first-order valence-electron chi connectivity index (χ1n) is 6.06. The number of thioether (sulfide) groups is 1. The Morgan fingerprint density at radius 2 is 2.33 bits per heavy atom. The fourth-order valence-corrected chi connectivity index (χ4v) is 2.76. The van der Waals surface area contributed by atoms with Gasteiger partial charge in [0.2, 0.25) is 5.91 Å². The highest BCUT2D eigenvalue weighted by molar-refractivity contribution is 7.99. The van der Waals surface area contributed by atoms with E-state index >= 15 is 0 Å². The predicted molar refractivity (Wildman–Crippen MR) is 78.5 cm³/mol. The second kappa shape index (κ2) is 6.11. The summed E-state index contributed by atoms with van der Waals surface area (Å²) in [5.74, 6) is 1.98. The van der Waals surface area contributed by atoms with Gasteiger partial charge in [0.15, 0.2) is 0 Å². The minimum atomic E-state index is -0.0771. The Morgan fingerprint density at radius 1 is 1.50 bits per heavy atom. The van der Waals surface area contributed by atoms with Crippen molar-refractivity contribution in [3.05, 3.63) is 24.3 Å². The van der Waals surface area contributed by atoms with Gasteiger partial charge in [-0.3, -0.25) is 4.79 Å². The lowest BCUT2D eigenvalue weighted by atomic mass is 10.2. The lowest BCUT2D eigenvalue weighted by Crippen LogP contribution is -2.46. The molecule has 0 bridgehead atoms. The van der Waals surface area contributed by atoms with Crippen molar-refractivity contribution in [1.82, 2.24) is 5.32 Å². The maximum absolute atomic E-state index is 12.0. The van der Waals surface area contributed by atoms with Gasteiger partial charge in [-0.1, -0.05) is 6.07 Å². The number of anilines is 2. The first-order chi connectivity index (χ1) is 8.66. The van der Waals surface area contributed by atoms with E-state index in [1.54, 1.807) is 0 Å². The Morgan fingerprint density at radius 3 is 3.00 bits per heavy atom. The second-order valence-electron chi connectivity index (χ2n) is 4.52. The molecule has 4 nitrogen and oxygen atoms in total. The van der Waals surface area contributed by atoms with Crippen LogP contribution in [0.2, 0.25) is 0 Å². The van der Waals surface area contributed by atoms with Gasteiger partial charge in [0.05, 0.1) is 6.04 Å². The van der Waals surface area contributed by atoms with Crippen molar-refractivity contribution in [2.45, 2.75) is 6.04 Å². The molecule has 1 aromatic carbocycles. The van der Waals surface area contributed by atoms with Crippen molar-refractivity contribution >= 4 is 29.0 Å². The lowest BCUT2D eigenvalue weighted by molar-refractivity contribution is -0.117. The molecule has 2 N–H and O–H groups in total. The molecule has 0 aliphatic carbocycles. The Balaban J connectivity index is 1.99. The maximum Gasteiger partial charge on any atom is 0.242 e. The SMILES string of the molecule is CN(C)c1cccc(NC(=O)C2CSCCN2)c1. The molecule has 1 aromatic rings.